The Hall–Kier alpha value is -2.71. The second-order valence-corrected chi connectivity index (χ2v) is 11.4. The minimum Gasteiger partial charge on any atom is -0.393 e. The van der Waals surface area contributed by atoms with Crippen molar-refractivity contribution < 1.29 is 5.11 Å². The zero-order valence-electron chi connectivity index (χ0n) is 20.9. The average Bonchev–Trinajstić information content (AvgIpc) is 3.62. The Morgan fingerprint density at radius 2 is 1.81 bits per heavy atom. The third-order valence-corrected chi connectivity index (χ3v) is 8.97. The van der Waals surface area contributed by atoms with Crippen molar-refractivity contribution in [1.29, 1.82) is 0 Å². The maximum Gasteiger partial charge on any atom is 0.260 e. The van der Waals surface area contributed by atoms with Gasteiger partial charge in [-0.15, -0.1) is 0 Å². The van der Waals surface area contributed by atoms with Gasteiger partial charge in [0.05, 0.1) is 11.5 Å². The minimum absolute atomic E-state index is 0.0343. The maximum atomic E-state index is 14.1. The van der Waals surface area contributed by atoms with Gasteiger partial charge in [0, 0.05) is 55.5 Å². The van der Waals surface area contributed by atoms with Gasteiger partial charge in [0.2, 0.25) is 5.95 Å². The molecule has 7 rings (SSSR count). The summed E-state index contributed by atoms with van der Waals surface area (Å²) in [6.45, 7) is 5.24. The molecule has 8 nitrogen and oxygen atoms in total. The number of rotatable bonds is 5. The average molecular weight is 489 g/mol. The highest BCUT2D eigenvalue weighted by molar-refractivity contribution is 6.05. The van der Waals surface area contributed by atoms with E-state index >= 15 is 0 Å². The predicted octanol–water partition coefficient (Wildman–Crippen LogP) is 3.53. The molecular formula is C28H36N6O2. The first-order valence-electron chi connectivity index (χ1n) is 13.9. The summed E-state index contributed by atoms with van der Waals surface area (Å²) in [6, 6.07) is 7.06. The van der Waals surface area contributed by atoms with E-state index in [2.05, 4.69) is 38.3 Å². The molecule has 0 radical (unpaired) electrons. The highest BCUT2D eigenvalue weighted by atomic mass is 16.3. The fraction of sp³-hybridized carbons (Fsp3) is 0.607. The van der Waals surface area contributed by atoms with Gasteiger partial charge in [-0.25, -0.2) is 4.98 Å². The van der Waals surface area contributed by atoms with Gasteiger partial charge in [-0.3, -0.25) is 14.3 Å². The van der Waals surface area contributed by atoms with Crippen molar-refractivity contribution in [3.8, 4) is 0 Å². The number of nitrogens with zero attached hydrogens (tertiary/aromatic N) is 5. The van der Waals surface area contributed by atoms with E-state index in [4.69, 9.17) is 4.98 Å². The van der Waals surface area contributed by atoms with Gasteiger partial charge in [-0.1, -0.05) is 6.07 Å². The molecule has 4 aliphatic rings. The van der Waals surface area contributed by atoms with E-state index in [1.165, 1.54) is 32.2 Å². The summed E-state index contributed by atoms with van der Waals surface area (Å²) in [5.74, 6) is 1.32. The first-order valence-corrected chi connectivity index (χ1v) is 13.9. The Morgan fingerprint density at radius 3 is 2.64 bits per heavy atom. The van der Waals surface area contributed by atoms with Crippen LogP contribution in [0.3, 0.4) is 0 Å². The number of hydrogen-bond donors (Lipinski definition) is 2. The molecule has 2 aliphatic heterocycles. The summed E-state index contributed by atoms with van der Waals surface area (Å²) < 4.78 is 1.92. The molecular weight excluding hydrogens is 452 g/mol. The van der Waals surface area contributed by atoms with E-state index in [0.717, 1.165) is 79.4 Å². The molecule has 2 aliphatic carbocycles. The largest absolute Gasteiger partial charge is 0.393 e. The van der Waals surface area contributed by atoms with Crippen LogP contribution < -0.4 is 15.8 Å². The number of pyridine rings is 1. The highest BCUT2D eigenvalue weighted by Crippen LogP contribution is 2.34. The Labute approximate surface area is 211 Å². The lowest BCUT2D eigenvalue weighted by atomic mass is 9.92. The first kappa shape index (κ1) is 22.5. The molecule has 2 aromatic heterocycles. The van der Waals surface area contributed by atoms with Crippen LogP contribution in [0.25, 0.3) is 21.8 Å². The van der Waals surface area contributed by atoms with Gasteiger partial charge in [-0.2, -0.15) is 4.98 Å². The Balaban J connectivity index is 1.32. The van der Waals surface area contributed by atoms with E-state index < -0.39 is 0 Å². The van der Waals surface area contributed by atoms with Crippen LogP contribution in [0.1, 0.15) is 57.4 Å². The third kappa shape index (κ3) is 4.04. The molecule has 3 aromatic rings. The zero-order chi connectivity index (χ0) is 24.2. The van der Waals surface area contributed by atoms with Gasteiger partial charge in [0.1, 0.15) is 5.65 Å². The maximum absolute atomic E-state index is 14.1. The van der Waals surface area contributed by atoms with Crippen LogP contribution in [0.5, 0.6) is 0 Å². The van der Waals surface area contributed by atoms with Gasteiger partial charge >= 0.3 is 0 Å². The predicted molar refractivity (Wildman–Crippen MR) is 143 cm³/mol. The Morgan fingerprint density at radius 1 is 0.944 bits per heavy atom. The topological polar surface area (TPSA) is 86.5 Å². The number of anilines is 2. The number of hydrogen-bond acceptors (Lipinski definition) is 7. The summed E-state index contributed by atoms with van der Waals surface area (Å²) in [4.78, 5) is 28.7. The summed E-state index contributed by atoms with van der Waals surface area (Å²) >= 11 is 0. The standard InChI is InChI=1S/C28H36N6O2/c35-22-8-5-19(6-9-22)34-26-25(16-30-28(31-26)29-15-18-3-4-18)23-10-7-20(14-24(23)27(34)36)33-13-12-32-11-1-2-21(32)17-33/h7,10,14,16,18-19,21-22,35H,1-6,8-9,11-13,15,17H2,(H,29,30,31)/t19?,21-,22?/m0/s1. The molecule has 4 heterocycles. The number of aliphatic hydroxyl groups excluding tert-OH is 1. The van der Waals surface area contributed by atoms with Crippen molar-refractivity contribution in [1.82, 2.24) is 19.4 Å². The second-order valence-electron chi connectivity index (χ2n) is 11.4. The molecule has 1 atom stereocenters. The van der Waals surface area contributed by atoms with Crippen LogP contribution in [-0.4, -0.2) is 69.4 Å². The molecule has 0 bridgehead atoms. The van der Waals surface area contributed by atoms with Crippen molar-refractivity contribution in [3.05, 3.63) is 34.7 Å². The van der Waals surface area contributed by atoms with Crippen LogP contribution in [0, 0.1) is 5.92 Å². The second kappa shape index (κ2) is 8.99. The summed E-state index contributed by atoms with van der Waals surface area (Å²) in [5, 5.41) is 16.1. The van der Waals surface area contributed by atoms with E-state index in [1.54, 1.807) is 0 Å². The van der Waals surface area contributed by atoms with Gasteiger partial charge < -0.3 is 15.3 Å². The first-order chi connectivity index (χ1) is 17.6. The van der Waals surface area contributed by atoms with Crippen molar-refractivity contribution in [2.75, 3.05) is 42.9 Å². The molecule has 36 heavy (non-hydrogen) atoms. The number of piperazine rings is 1. The number of aromatic nitrogens is 3. The smallest absolute Gasteiger partial charge is 0.260 e. The van der Waals surface area contributed by atoms with E-state index in [0.29, 0.717) is 17.9 Å². The van der Waals surface area contributed by atoms with Crippen molar-refractivity contribution >= 4 is 33.4 Å². The summed E-state index contributed by atoms with van der Waals surface area (Å²) in [5.41, 5.74) is 1.89. The van der Waals surface area contributed by atoms with E-state index in [1.807, 2.05) is 10.8 Å². The monoisotopic (exact) mass is 488 g/mol. The van der Waals surface area contributed by atoms with Crippen LogP contribution in [-0.2, 0) is 0 Å². The van der Waals surface area contributed by atoms with Crippen LogP contribution in [0.4, 0.5) is 11.6 Å². The molecule has 4 fully saturated rings. The Kier molecular flexibility index (Phi) is 5.62. The van der Waals surface area contributed by atoms with Crippen molar-refractivity contribution in [2.24, 2.45) is 5.92 Å². The lowest BCUT2D eigenvalue weighted by Gasteiger charge is -2.39. The van der Waals surface area contributed by atoms with Crippen molar-refractivity contribution in [3.63, 3.8) is 0 Å². The Bertz CT molecular complexity index is 1340. The van der Waals surface area contributed by atoms with Crippen LogP contribution in [0.15, 0.2) is 29.2 Å². The van der Waals surface area contributed by atoms with Gasteiger partial charge in [-0.05, 0) is 81.3 Å². The van der Waals surface area contributed by atoms with Gasteiger partial charge in [0.25, 0.3) is 5.56 Å². The fourth-order valence-corrected chi connectivity index (χ4v) is 6.64. The summed E-state index contributed by atoms with van der Waals surface area (Å²) in [7, 11) is 0. The normalized spacial score (nSPS) is 27.0. The zero-order valence-corrected chi connectivity index (χ0v) is 20.9. The number of benzene rings is 1. The van der Waals surface area contributed by atoms with Crippen molar-refractivity contribution in [2.45, 2.75) is 69.6 Å². The van der Waals surface area contributed by atoms with Gasteiger partial charge in [0.15, 0.2) is 0 Å². The third-order valence-electron chi connectivity index (χ3n) is 8.97. The molecule has 2 saturated heterocycles. The molecule has 0 spiro atoms. The molecule has 1 aromatic carbocycles. The lowest BCUT2D eigenvalue weighted by molar-refractivity contribution is 0.111. The number of fused-ring (bicyclic) bond motifs is 4. The number of aliphatic hydroxyl groups is 1. The fourth-order valence-electron chi connectivity index (χ4n) is 6.64. The molecule has 2 N–H and O–H groups in total. The number of nitrogens with one attached hydrogen (secondary N) is 1. The lowest BCUT2D eigenvalue weighted by Crippen LogP contribution is -2.50. The molecule has 8 heteroatoms. The quantitative estimate of drug-likeness (QED) is 0.532. The summed E-state index contributed by atoms with van der Waals surface area (Å²) in [6.07, 6.45) is 9.74. The minimum atomic E-state index is -0.269. The molecule has 190 valence electrons. The molecule has 0 unspecified atom stereocenters. The SMILES string of the molecule is O=c1c2cc(N3CCN4CCC[C@H]4C3)ccc2c2cnc(NCC3CC3)nc2n1C1CCC(O)CC1. The molecule has 0 amide bonds. The highest BCUT2D eigenvalue weighted by Gasteiger charge is 2.31. The molecule has 2 saturated carbocycles. The van der Waals surface area contributed by atoms with E-state index in [9.17, 15) is 9.90 Å². The van der Waals surface area contributed by atoms with E-state index in [-0.39, 0.29) is 17.7 Å². The van der Waals surface area contributed by atoms with Crippen LogP contribution >= 0.6 is 0 Å². The van der Waals surface area contributed by atoms with Crippen LogP contribution in [0.2, 0.25) is 0 Å².